The number of urea groups is 1. The molecular weight excluding hydrogens is 382 g/mol. The molecule has 1 aromatic rings. The van der Waals surface area contributed by atoms with E-state index in [1.54, 1.807) is 16.2 Å². The lowest BCUT2D eigenvalue weighted by Crippen LogP contribution is -2.35. The van der Waals surface area contributed by atoms with Crippen molar-refractivity contribution < 1.29 is 4.79 Å². The average Bonchev–Trinajstić information content (AvgIpc) is 2.69. The maximum atomic E-state index is 11.8. The minimum absolute atomic E-state index is 0.229. The number of hydrogen-bond acceptors (Lipinski definition) is 3. The van der Waals surface area contributed by atoms with Gasteiger partial charge in [0.05, 0.1) is 3.79 Å². The van der Waals surface area contributed by atoms with E-state index in [4.69, 9.17) is 5.73 Å². The van der Waals surface area contributed by atoms with Gasteiger partial charge in [-0.25, -0.2) is 4.79 Å². The molecule has 1 unspecified atom stereocenters. The van der Waals surface area contributed by atoms with E-state index >= 15 is 0 Å². The number of aliphatic imine (C=N–C) groups is 1. The van der Waals surface area contributed by atoms with Crippen molar-refractivity contribution in [2.75, 3.05) is 6.54 Å². The van der Waals surface area contributed by atoms with Gasteiger partial charge >= 0.3 is 6.03 Å². The Labute approximate surface area is 127 Å². The lowest BCUT2D eigenvalue weighted by Gasteiger charge is -2.24. The third-order valence-electron chi connectivity index (χ3n) is 2.56. The molecule has 1 atom stereocenters. The number of nitrogens with zero attached hydrogens (tertiary/aromatic N) is 2. The number of amidine groups is 1. The second-order valence-corrected chi connectivity index (χ2v) is 7.79. The second kappa shape index (κ2) is 5.30. The van der Waals surface area contributed by atoms with Crippen LogP contribution >= 0.6 is 43.2 Å². The van der Waals surface area contributed by atoms with Crippen molar-refractivity contribution >= 4 is 55.1 Å². The highest BCUT2D eigenvalue weighted by Crippen LogP contribution is 2.39. The van der Waals surface area contributed by atoms with Gasteiger partial charge in [0.2, 0.25) is 0 Å². The Morgan fingerprint density at radius 1 is 1.56 bits per heavy atom. The molecule has 0 aromatic carbocycles. The Hall–Kier alpha value is -0.400. The number of carbonyl (C=O) groups excluding carboxylic acids is 1. The monoisotopic (exact) mass is 393 g/mol. The molecule has 0 saturated carbocycles. The van der Waals surface area contributed by atoms with Gasteiger partial charge in [0.25, 0.3) is 0 Å². The third-order valence-corrected chi connectivity index (χ3v) is 5.87. The Bertz CT molecular complexity index is 493. The molecule has 0 spiro atoms. The minimum atomic E-state index is -0.244. The van der Waals surface area contributed by atoms with Gasteiger partial charge in [-0.2, -0.15) is 4.99 Å². The summed E-state index contributed by atoms with van der Waals surface area (Å²) in [4.78, 5) is 18.5. The maximum Gasteiger partial charge on any atom is 0.346 e. The van der Waals surface area contributed by atoms with Gasteiger partial charge in [0.1, 0.15) is 11.9 Å². The highest BCUT2D eigenvalue weighted by atomic mass is 79.9. The largest absolute Gasteiger partial charge is 0.385 e. The first-order chi connectivity index (χ1) is 8.40. The normalized spacial score (nSPS) is 19.8. The summed E-state index contributed by atoms with van der Waals surface area (Å²) < 4.78 is 1.97. The van der Waals surface area contributed by atoms with Crippen LogP contribution < -0.4 is 5.73 Å². The molecule has 1 aliphatic heterocycles. The fourth-order valence-corrected chi connectivity index (χ4v) is 4.10. The van der Waals surface area contributed by atoms with Gasteiger partial charge in [-0.1, -0.05) is 13.8 Å². The fourth-order valence-electron chi connectivity index (χ4n) is 1.88. The van der Waals surface area contributed by atoms with Crippen LogP contribution in [0.1, 0.15) is 24.8 Å². The third kappa shape index (κ3) is 2.62. The van der Waals surface area contributed by atoms with Crippen LogP contribution in [-0.4, -0.2) is 23.3 Å². The van der Waals surface area contributed by atoms with Crippen molar-refractivity contribution in [1.82, 2.24) is 4.90 Å². The quantitative estimate of drug-likeness (QED) is 0.848. The van der Waals surface area contributed by atoms with Crippen molar-refractivity contribution in [1.29, 1.82) is 0 Å². The fraction of sp³-hybridized carbons (Fsp3) is 0.455. The predicted molar refractivity (Wildman–Crippen MR) is 81.0 cm³/mol. The average molecular weight is 395 g/mol. The minimum Gasteiger partial charge on any atom is -0.385 e. The maximum absolute atomic E-state index is 11.8. The number of halogens is 2. The van der Waals surface area contributed by atoms with E-state index in [2.05, 4.69) is 50.7 Å². The first-order valence-electron chi connectivity index (χ1n) is 5.49. The van der Waals surface area contributed by atoms with Gasteiger partial charge in [0, 0.05) is 15.9 Å². The van der Waals surface area contributed by atoms with Crippen LogP contribution in [0.4, 0.5) is 4.79 Å². The summed E-state index contributed by atoms with van der Waals surface area (Å²) in [5.41, 5.74) is 5.89. The molecule has 2 amide bonds. The van der Waals surface area contributed by atoms with Gasteiger partial charge in [-0.05, 0) is 43.8 Å². The summed E-state index contributed by atoms with van der Waals surface area (Å²) in [6.07, 6.45) is 0. The first kappa shape index (κ1) is 14.0. The van der Waals surface area contributed by atoms with E-state index in [-0.39, 0.29) is 12.1 Å². The summed E-state index contributed by atoms with van der Waals surface area (Å²) in [6.45, 7) is 4.79. The second-order valence-electron chi connectivity index (χ2n) is 4.54. The lowest BCUT2D eigenvalue weighted by molar-refractivity contribution is 0.199. The number of carbonyl (C=O) groups is 1. The van der Waals surface area contributed by atoms with Gasteiger partial charge in [-0.3, -0.25) is 0 Å². The van der Waals surface area contributed by atoms with E-state index < -0.39 is 0 Å². The molecule has 18 heavy (non-hydrogen) atoms. The van der Waals surface area contributed by atoms with Crippen molar-refractivity contribution in [2.45, 2.75) is 19.9 Å². The first-order valence-corrected chi connectivity index (χ1v) is 7.89. The Balaban J connectivity index is 2.33. The molecular formula is C11H13Br2N3OS. The van der Waals surface area contributed by atoms with Crippen LogP contribution in [-0.2, 0) is 0 Å². The zero-order chi connectivity index (χ0) is 13.4. The van der Waals surface area contributed by atoms with Crippen LogP contribution in [0, 0.1) is 5.92 Å². The summed E-state index contributed by atoms with van der Waals surface area (Å²) in [7, 11) is 0. The molecule has 0 fully saturated rings. The van der Waals surface area contributed by atoms with Crippen molar-refractivity contribution in [2.24, 2.45) is 16.6 Å². The summed E-state index contributed by atoms with van der Waals surface area (Å²) in [5.74, 6) is 0.756. The highest BCUT2D eigenvalue weighted by molar-refractivity contribution is 9.13. The molecule has 2 N–H and O–H groups in total. The lowest BCUT2D eigenvalue weighted by atomic mass is 10.1. The Morgan fingerprint density at radius 2 is 2.22 bits per heavy atom. The summed E-state index contributed by atoms with van der Waals surface area (Å²) in [6, 6.07) is 1.51. The van der Waals surface area contributed by atoms with Crippen LogP contribution in [0.15, 0.2) is 19.3 Å². The number of thiophene rings is 1. The van der Waals surface area contributed by atoms with E-state index in [1.165, 1.54) is 0 Å². The van der Waals surface area contributed by atoms with E-state index in [1.807, 2.05) is 6.07 Å². The molecule has 0 aliphatic carbocycles. The van der Waals surface area contributed by atoms with Crippen molar-refractivity contribution in [3.63, 3.8) is 0 Å². The summed E-state index contributed by atoms with van der Waals surface area (Å²) in [5, 5.41) is 0. The molecule has 4 nitrogen and oxygen atoms in total. The van der Waals surface area contributed by atoms with E-state index in [0.717, 1.165) is 13.1 Å². The molecule has 2 rings (SSSR count). The predicted octanol–water partition coefficient (Wildman–Crippen LogP) is 3.76. The number of nitrogens with two attached hydrogens (primary N) is 1. The molecule has 98 valence electrons. The Morgan fingerprint density at radius 3 is 2.72 bits per heavy atom. The van der Waals surface area contributed by atoms with Crippen molar-refractivity contribution in [3.8, 4) is 0 Å². The molecule has 1 aromatic heterocycles. The molecule has 0 bridgehead atoms. The SMILES string of the molecule is CC(C)CN1C(=O)N=C(N)C1c1cc(Br)c(Br)s1. The van der Waals surface area contributed by atoms with Gasteiger partial charge < -0.3 is 10.6 Å². The topological polar surface area (TPSA) is 58.7 Å². The number of amides is 2. The number of rotatable bonds is 3. The molecule has 2 heterocycles. The zero-order valence-corrected chi connectivity index (χ0v) is 14.0. The number of hydrogen-bond donors (Lipinski definition) is 1. The molecule has 0 radical (unpaired) electrons. The summed E-state index contributed by atoms with van der Waals surface area (Å²) >= 11 is 8.47. The highest BCUT2D eigenvalue weighted by Gasteiger charge is 2.36. The Kier molecular flexibility index (Phi) is 4.13. The van der Waals surface area contributed by atoms with Crippen LogP contribution in [0.25, 0.3) is 0 Å². The smallest absolute Gasteiger partial charge is 0.346 e. The van der Waals surface area contributed by atoms with Crippen molar-refractivity contribution in [3.05, 3.63) is 19.2 Å². The van der Waals surface area contributed by atoms with E-state index in [9.17, 15) is 4.79 Å². The standard InChI is InChI=1S/C11H13Br2N3OS/c1-5(2)4-16-8(10(14)15-11(16)17)7-3-6(12)9(13)18-7/h3,5,8H,4H2,1-2H3,(H2,14,15,17). The van der Waals surface area contributed by atoms with Gasteiger partial charge in [0.15, 0.2) is 0 Å². The molecule has 1 aliphatic rings. The van der Waals surface area contributed by atoms with Crippen LogP contribution in [0.5, 0.6) is 0 Å². The van der Waals surface area contributed by atoms with Gasteiger partial charge in [-0.15, -0.1) is 11.3 Å². The van der Waals surface area contributed by atoms with Crippen LogP contribution in [0.3, 0.4) is 0 Å². The van der Waals surface area contributed by atoms with Crippen LogP contribution in [0.2, 0.25) is 0 Å². The molecule has 0 saturated heterocycles. The molecule has 7 heteroatoms. The van der Waals surface area contributed by atoms with E-state index in [0.29, 0.717) is 18.3 Å². The zero-order valence-electron chi connectivity index (χ0n) is 9.98.